The van der Waals surface area contributed by atoms with Gasteiger partial charge >= 0.3 is 0 Å². The average molecular weight is 234 g/mol. The Morgan fingerprint density at radius 2 is 1.92 bits per heavy atom. The van der Waals surface area contributed by atoms with E-state index < -0.39 is 0 Å². The Morgan fingerprint density at radius 3 is 2.62 bits per heavy atom. The highest BCUT2D eigenvalue weighted by atomic mass is 79.9. The summed E-state index contributed by atoms with van der Waals surface area (Å²) in [6.45, 7) is 0. The van der Waals surface area contributed by atoms with Gasteiger partial charge in [-0.15, -0.1) is 0 Å². The normalized spacial score (nSPS) is 9.92. The molecule has 0 N–H and O–H groups in total. The highest BCUT2D eigenvalue weighted by Crippen LogP contribution is 2.23. The molecule has 0 spiro atoms. The summed E-state index contributed by atoms with van der Waals surface area (Å²) in [5.41, 5.74) is 0.961. The molecule has 1 heterocycles. The summed E-state index contributed by atoms with van der Waals surface area (Å²) in [5, 5.41) is 0. The number of hydrogen-bond donors (Lipinski definition) is 0. The van der Waals surface area contributed by atoms with Gasteiger partial charge in [-0.2, -0.15) is 0 Å². The van der Waals surface area contributed by atoms with Crippen LogP contribution in [0.5, 0.6) is 0 Å². The van der Waals surface area contributed by atoms with Crippen LogP contribution in [0.2, 0.25) is 0 Å². The van der Waals surface area contributed by atoms with Crippen LogP contribution in [-0.2, 0) is 0 Å². The smallest absolute Gasteiger partial charge is 0.160 e. The summed E-state index contributed by atoms with van der Waals surface area (Å²) in [6, 6.07) is 10.5. The predicted molar refractivity (Wildman–Crippen MR) is 54.0 cm³/mol. The van der Waals surface area contributed by atoms with Crippen molar-refractivity contribution < 1.29 is 0 Å². The lowest BCUT2D eigenvalue weighted by Gasteiger charge is -2.00. The SMILES string of the molecule is Brc1[c]cccc1-c1ncccn1. The largest absolute Gasteiger partial charge is 0.237 e. The van der Waals surface area contributed by atoms with Gasteiger partial charge in [-0.05, 0) is 28.1 Å². The summed E-state index contributed by atoms with van der Waals surface area (Å²) >= 11 is 3.40. The minimum atomic E-state index is 0.714. The molecule has 0 saturated heterocycles. The molecule has 0 fully saturated rings. The standard InChI is InChI=1S/C10H6BrN2/c11-9-5-2-1-4-8(9)10-12-6-3-7-13-10/h1-4,6-7H. The summed E-state index contributed by atoms with van der Waals surface area (Å²) < 4.78 is 0.890. The van der Waals surface area contributed by atoms with Crippen molar-refractivity contribution in [2.75, 3.05) is 0 Å². The first-order chi connectivity index (χ1) is 6.38. The molecule has 0 amide bonds. The van der Waals surface area contributed by atoms with E-state index in [1.165, 1.54) is 0 Å². The third kappa shape index (κ3) is 1.75. The molecule has 13 heavy (non-hydrogen) atoms. The van der Waals surface area contributed by atoms with E-state index in [1.807, 2.05) is 18.2 Å². The Morgan fingerprint density at radius 1 is 1.15 bits per heavy atom. The quantitative estimate of drug-likeness (QED) is 0.758. The summed E-state index contributed by atoms with van der Waals surface area (Å²) in [5.74, 6) is 0.714. The third-order valence-electron chi connectivity index (χ3n) is 1.61. The van der Waals surface area contributed by atoms with Crippen molar-refractivity contribution in [1.82, 2.24) is 9.97 Å². The van der Waals surface area contributed by atoms with E-state index in [-0.39, 0.29) is 0 Å². The zero-order valence-corrected chi connectivity index (χ0v) is 8.32. The maximum atomic E-state index is 4.15. The van der Waals surface area contributed by atoms with Gasteiger partial charge in [-0.3, -0.25) is 0 Å². The Kier molecular flexibility index (Phi) is 2.36. The maximum Gasteiger partial charge on any atom is 0.160 e. The van der Waals surface area contributed by atoms with Crippen molar-refractivity contribution in [3.63, 3.8) is 0 Å². The van der Waals surface area contributed by atoms with Crippen molar-refractivity contribution in [3.05, 3.63) is 47.2 Å². The molecule has 0 bridgehead atoms. The van der Waals surface area contributed by atoms with Gasteiger partial charge in [0.15, 0.2) is 5.82 Å². The van der Waals surface area contributed by atoms with Crippen LogP contribution in [-0.4, -0.2) is 9.97 Å². The first kappa shape index (κ1) is 8.38. The second-order valence-electron chi connectivity index (χ2n) is 2.47. The van der Waals surface area contributed by atoms with Gasteiger partial charge in [0.2, 0.25) is 0 Å². The topological polar surface area (TPSA) is 25.8 Å². The first-order valence-electron chi connectivity index (χ1n) is 3.81. The lowest BCUT2D eigenvalue weighted by Crippen LogP contribution is -1.87. The van der Waals surface area contributed by atoms with Crippen LogP contribution in [0, 0.1) is 6.07 Å². The van der Waals surface area contributed by atoms with E-state index in [4.69, 9.17) is 0 Å². The fourth-order valence-electron chi connectivity index (χ4n) is 1.03. The Hall–Kier alpha value is -1.22. The monoisotopic (exact) mass is 233 g/mol. The number of halogens is 1. The molecule has 0 aliphatic carbocycles. The second-order valence-corrected chi connectivity index (χ2v) is 3.26. The van der Waals surface area contributed by atoms with Gasteiger partial charge in [0.25, 0.3) is 0 Å². The molecule has 1 aromatic heterocycles. The van der Waals surface area contributed by atoms with Crippen molar-refractivity contribution >= 4 is 15.9 Å². The summed E-state index contributed by atoms with van der Waals surface area (Å²) in [7, 11) is 0. The highest BCUT2D eigenvalue weighted by molar-refractivity contribution is 9.10. The van der Waals surface area contributed by atoms with E-state index in [0.717, 1.165) is 10.0 Å². The molecule has 3 heteroatoms. The van der Waals surface area contributed by atoms with Crippen molar-refractivity contribution in [2.24, 2.45) is 0 Å². The molecular formula is C10H6BrN2. The van der Waals surface area contributed by atoms with Gasteiger partial charge < -0.3 is 0 Å². The van der Waals surface area contributed by atoms with Gasteiger partial charge in [-0.25, -0.2) is 9.97 Å². The zero-order valence-electron chi connectivity index (χ0n) is 6.74. The van der Waals surface area contributed by atoms with Crippen LogP contribution >= 0.6 is 15.9 Å². The number of benzene rings is 1. The Labute approximate surface area is 84.8 Å². The molecule has 0 atom stereocenters. The molecule has 0 aliphatic rings. The first-order valence-corrected chi connectivity index (χ1v) is 4.61. The third-order valence-corrected chi connectivity index (χ3v) is 2.27. The van der Waals surface area contributed by atoms with E-state index in [0.29, 0.717) is 5.82 Å². The fraction of sp³-hybridized carbons (Fsp3) is 0. The lowest BCUT2D eigenvalue weighted by atomic mass is 10.2. The minimum absolute atomic E-state index is 0.714. The van der Waals surface area contributed by atoms with E-state index in [9.17, 15) is 0 Å². The highest BCUT2D eigenvalue weighted by Gasteiger charge is 2.02. The van der Waals surface area contributed by atoms with Gasteiger partial charge in [0, 0.05) is 22.4 Å². The number of hydrogen-bond acceptors (Lipinski definition) is 2. The molecule has 2 nitrogen and oxygen atoms in total. The molecule has 0 aliphatic heterocycles. The summed E-state index contributed by atoms with van der Waals surface area (Å²) in [4.78, 5) is 8.30. The van der Waals surface area contributed by atoms with E-state index >= 15 is 0 Å². The van der Waals surface area contributed by atoms with E-state index in [1.54, 1.807) is 18.5 Å². The van der Waals surface area contributed by atoms with Crippen LogP contribution in [0.3, 0.4) is 0 Å². The number of aromatic nitrogens is 2. The molecule has 2 aromatic rings. The van der Waals surface area contributed by atoms with Crippen molar-refractivity contribution in [1.29, 1.82) is 0 Å². The average Bonchev–Trinajstić information content (AvgIpc) is 2.20. The van der Waals surface area contributed by atoms with Crippen LogP contribution in [0.25, 0.3) is 11.4 Å². The molecule has 0 saturated carbocycles. The van der Waals surface area contributed by atoms with Crippen molar-refractivity contribution in [3.8, 4) is 11.4 Å². The molecular weight excluding hydrogens is 228 g/mol. The van der Waals surface area contributed by atoms with Crippen molar-refractivity contribution in [2.45, 2.75) is 0 Å². The molecule has 63 valence electrons. The Bertz CT molecular complexity index is 401. The molecule has 0 unspecified atom stereocenters. The minimum Gasteiger partial charge on any atom is -0.237 e. The maximum absolute atomic E-state index is 4.15. The van der Waals surface area contributed by atoms with Gasteiger partial charge in [0.1, 0.15) is 0 Å². The van der Waals surface area contributed by atoms with Gasteiger partial charge in [-0.1, -0.05) is 18.2 Å². The van der Waals surface area contributed by atoms with E-state index in [2.05, 4.69) is 32.0 Å². The number of nitrogens with zero attached hydrogens (tertiary/aromatic N) is 2. The van der Waals surface area contributed by atoms with Crippen LogP contribution in [0.1, 0.15) is 0 Å². The Balaban J connectivity index is 2.54. The molecule has 1 radical (unpaired) electrons. The fourth-order valence-corrected chi connectivity index (χ4v) is 1.47. The van der Waals surface area contributed by atoms with Crippen LogP contribution < -0.4 is 0 Å². The summed E-state index contributed by atoms with van der Waals surface area (Å²) in [6.07, 6.45) is 3.45. The number of rotatable bonds is 1. The zero-order chi connectivity index (χ0) is 9.10. The molecule has 2 rings (SSSR count). The van der Waals surface area contributed by atoms with Crippen LogP contribution in [0.4, 0.5) is 0 Å². The predicted octanol–water partition coefficient (Wildman–Crippen LogP) is 2.71. The molecule has 1 aromatic carbocycles. The van der Waals surface area contributed by atoms with Gasteiger partial charge in [0.05, 0.1) is 0 Å². The lowest BCUT2D eigenvalue weighted by molar-refractivity contribution is 1.17. The second kappa shape index (κ2) is 3.66. The van der Waals surface area contributed by atoms with Crippen LogP contribution in [0.15, 0.2) is 41.1 Å².